The topological polar surface area (TPSA) is 89.8 Å². The van der Waals surface area contributed by atoms with Gasteiger partial charge in [-0.3, -0.25) is 4.79 Å². The highest BCUT2D eigenvalue weighted by Gasteiger charge is 2.26. The maximum Gasteiger partial charge on any atom is 0.220 e. The van der Waals surface area contributed by atoms with Gasteiger partial charge < -0.3 is 20.6 Å². The van der Waals surface area contributed by atoms with Crippen molar-refractivity contribution in [2.75, 3.05) is 6.61 Å². The Labute approximate surface area is 254 Å². The molecule has 0 bridgehead atoms. The number of allylic oxidation sites excluding steroid dienone is 4. The van der Waals surface area contributed by atoms with Crippen LogP contribution >= 0.6 is 0 Å². The Bertz CT molecular complexity index is 606. The number of carbonyl (C=O) groups is 1. The Balaban J connectivity index is 3.75. The van der Waals surface area contributed by atoms with Crippen LogP contribution in [0.5, 0.6) is 0 Å². The van der Waals surface area contributed by atoms with E-state index >= 15 is 0 Å². The van der Waals surface area contributed by atoms with Gasteiger partial charge in [0.25, 0.3) is 0 Å². The van der Waals surface area contributed by atoms with Crippen molar-refractivity contribution in [1.29, 1.82) is 0 Å². The molecule has 41 heavy (non-hydrogen) atoms. The minimum absolute atomic E-state index is 0.161. The fourth-order valence-corrected chi connectivity index (χ4v) is 5.25. The standard InChI is InChI=1S/C36H69NO4/c1-3-5-7-9-11-13-15-17-18-19-21-23-25-27-29-31-35(40)37-33(32-38)36(41)34(39)30-28-26-24-22-20-16-14-12-10-8-6-4-2/h11,13,17-18,33-34,36,38-39,41H,3-10,12,14-16,19-32H2,1-2H3,(H,37,40)/b13-11+,18-17+/t33-,34+,36-/m0/s1. The maximum atomic E-state index is 12.3. The highest BCUT2D eigenvalue weighted by molar-refractivity contribution is 5.76. The molecule has 0 heterocycles. The van der Waals surface area contributed by atoms with Crippen molar-refractivity contribution in [3.05, 3.63) is 24.3 Å². The third-order valence-corrected chi connectivity index (χ3v) is 8.06. The van der Waals surface area contributed by atoms with Gasteiger partial charge in [0.05, 0.1) is 18.8 Å². The lowest BCUT2D eigenvalue weighted by Crippen LogP contribution is -2.50. The predicted molar refractivity (Wildman–Crippen MR) is 176 cm³/mol. The summed E-state index contributed by atoms with van der Waals surface area (Å²) < 4.78 is 0. The Morgan fingerprint density at radius 3 is 1.59 bits per heavy atom. The van der Waals surface area contributed by atoms with E-state index in [4.69, 9.17) is 0 Å². The van der Waals surface area contributed by atoms with E-state index in [1.54, 1.807) is 0 Å². The Morgan fingerprint density at radius 2 is 1.05 bits per heavy atom. The van der Waals surface area contributed by atoms with Crippen molar-refractivity contribution in [3.8, 4) is 0 Å². The number of carbonyl (C=O) groups excluding carboxylic acids is 1. The molecule has 0 radical (unpaired) electrons. The molecule has 0 aliphatic heterocycles. The van der Waals surface area contributed by atoms with Crippen LogP contribution in [0.4, 0.5) is 0 Å². The minimum atomic E-state index is -1.14. The number of amides is 1. The molecule has 0 saturated carbocycles. The molecular weight excluding hydrogens is 510 g/mol. The van der Waals surface area contributed by atoms with Crippen LogP contribution < -0.4 is 5.32 Å². The van der Waals surface area contributed by atoms with Gasteiger partial charge in [0.15, 0.2) is 0 Å². The summed E-state index contributed by atoms with van der Waals surface area (Å²) >= 11 is 0. The van der Waals surface area contributed by atoms with Crippen molar-refractivity contribution >= 4 is 5.91 Å². The van der Waals surface area contributed by atoms with E-state index in [0.29, 0.717) is 12.8 Å². The van der Waals surface area contributed by atoms with Crippen LogP contribution in [-0.4, -0.2) is 46.1 Å². The quantitative estimate of drug-likeness (QED) is 0.0487. The summed E-state index contributed by atoms with van der Waals surface area (Å²) in [6.45, 7) is 4.12. The van der Waals surface area contributed by atoms with Crippen molar-refractivity contribution in [1.82, 2.24) is 5.32 Å². The molecule has 3 atom stereocenters. The number of aliphatic hydroxyl groups is 3. The largest absolute Gasteiger partial charge is 0.394 e. The predicted octanol–water partition coefficient (Wildman–Crippen LogP) is 9.09. The lowest BCUT2D eigenvalue weighted by atomic mass is 9.99. The molecular formula is C36H69NO4. The summed E-state index contributed by atoms with van der Waals surface area (Å²) in [5.41, 5.74) is 0. The molecule has 5 heteroatoms. The average Bonchev–Trinajstić information content (AvgIpc) is 2.97. The van der Waals surface area contributed by atoms with E-state index in [9.17, 15) is 20.1 Å². The normalized spacial score (nSPS) is 14.2. The molecule has 0 aliphatic rings. The molecule has 1 amide bonds. The number of aliphatic hydroxyl groups excluding tert-OH is 3. The number of unbranched alkanes of at least 4 members (excludes halogenated alkanes) is 19. The van der Waals surface area contributed by atoms with Crippen LogP contribution in [-0.2, 0) is 4.79 Å². The molecule has 0 saturated heterocycles. The second-order valence-electron chi connectivity index (χ2n) is 12.1. The van der Waals surface area contributed by atoms with Gasteiger partial charge in [0.2, 0.25) is 5.91 Å². The number of nitrogens with one attached hydrogen (secondary N) is 1. The average molecular weight is 580 g/mol. The van der Waals surface area contributed by atoms with E-state index in [1.165, 1.54) is 96.3 Å². The van der Waals surface area contributed by atoms with Crippen LogP contribution in [0.15, 0.2) is 24.3 Å². The first-order chi connectivity index (χ1) is 20.1. The lowest BCUT2D eigenvalue weighted by Gasteiger charge is -2.26. The fourth-order valence-electron chi connectivity index (χ4n) is 5.25. The Kier molecular flexibility index (Phi) is 30.9. The van der Waals surface area contributed by atoms with Crippen LogP contribution in [0.3, 0.4) is 0 Å². The van der Waals surface area contributed by atoms with E-state index in [-0.39, 0.29) is 12.5 Å². The lowest BCUT2D eigenvalue weighted by molar-refractivity contribution is -0.124. The number of rotatable bonds is 31. The monoisotopic (exact) mass is 580 g/mol. The van der Waals surface area contributed by atoms with Crippen LogP contribution in [0.1, 0.15) is 174 Å². The summed E-state index contributed by atoms with van der Waals surface area (Å²) in [7, 11) is 0. The molecule has 0 aliphatic carbocycles. The molecule has 0 rings (SSSR count). The highest BCUT2D eigenvalue weighted by Crippen LogP contribution is 2.15. The minimum Gasteiger partial charge on any atom is -0.394 e. The molecule has 5 nitrogen and oxygen atoms in total. The summed E-state index contributed by atoms with van der Waals surface area (Å²) in [6.07, 6.45) is 35.4. The van der Waals surface area contributed by atoms with Crippen LogP contribution in [0.25, 0.3) is 0 Å². The Hall–Kier alpha value is -1.17. The number of hydrogen-bond acceptors (Lipinski definition) is 4. The van der Waals surface area contributed by atoms with Crippen molar-refractivity contribution < 1.29 is 20.1 Å². The molecule has 0 aromatic carbocycles. The second-order valence-corrected chi connectivity index (χ2v) is 12.1. The van der Waals surface area contributed by atoms with Gasteiger partial charge in [-0.25, -0.2) is 0 Å². The first-order valence-corrected chi connectivity index (χ1v) is 17.6. The summed E-state index contributed by atoms with van der Waals surface area (Å²) in [4.78, 5) is 12.3. The highest BCUT2D eigenvalue weighted by atomic mass is 16.3. The zero-order valence-corrected chi connectivity index (χ0v) is 27.2. The van der Waals surface area contributed by atoms with Gasteiger partial charge in [0, 0.05) is 6.42 Å². The molecule has 242 valence electrons. The van der Waals surface area contributed by atoms with E-state index < -0.39 is 18.2 Å². The first-order valence-electron chi connectivity index (χ1n) is 17.6. The van der Waals surface area contributed by atoms with E-state index in [2.05, 4.69) is 43.5 Å². The van der Waals surface area contributed by atoms with Gasteiger partial charge in [-0.2, -0.15) is 0 Å². The van der Waals surface area contributed by atoms with Crippen molar-refractivity contribution in [2.45, 2.75) is 193 Å². The third-order valence-electron chi connectivity index (χ3n) is 8.06. The zero-order chi connectivity index (χ0) is 30.2. The van der Waals surface area contributed by atoms with E-state index in [0.717, 1.165) is 51.4 Å². The summed E-state index contributed by atoms with van der Waals surface area (Å²) in [5.74, 6) is -0.161. The van der Waals surface area contributed by atoms with Crippen LogP contribution in [0, 0.1) is 0 Å². The van der Waals surface area contributed by atoms with Crippen LogP contribution in [0.2, 0.25) is 0 Å². The van der Waals surface area contributed by atoms with Crippen molar-refractivity contribution in [2.24, 2.45) is 0 Å². The van der Waals surface area contributed by atoms with Gasteiger partial charge in [-0.15, -0.1) is 0 Å². The van der Waals surface area contributed by atoms with Gasteiger partial charge in [-0.05, 0) is 44.9 Å². The maximum absolute atomic E-state index is 12.3. The molecule has 0 aromatic rings. The van der Waals surface area contributed by atoms with Gasteiger partial charge in [-0.1, -0.05) is 147 Å². The summed E-state index contributed by atoms with van der Waals surface area (Å²) in [5, 5.41) is 33.3. The van der Waals surface area contributed by atoms with Gasteiger partial charge in [0.1, 0.15) is 6.10 Å². The number of hydrogen-bond donors (Lipinski definition) is 4. The molecule has 0 spiro atoms. The van der Waals surface area contributed by atoms with E-state index in [1.807, 2.05) is 0 Å². The molecule has 4 N–H and O–H groups in total. The van der Waals surface area contributed by atoms with Crippen molar-refractivity contribution in [3.63, 3.8) is 0 Å². The smallest absolute Gasteiger partial charge is 0.220 e. The molecule has 0 unspecified atom stereocenters. The molecule has 0 aromatic heterocycles. The fraction of sp³-hybridized carbons (Fsp3) is 0.861. The SMILES string of the molecule is CCCCC/C=C/C/C=C/CCCCCCCC(=O)N[C@@H](CO)[C@H](O)[C@H](O)CCCCCCCCCCCCCC. The third kappa shape index (κ3) is 27.4. The zero-order valence-electron chi connectivity index (χ0n) is 27.2. The molecule has 0 fully saturated rings. The second kappa shape index (κ2) is 31.8. The summed E-state index contributed by atoms with van der Waals surface area (Å²) in [6, 6.07) is -0.812. The Morgan fingerprint density at radius 1 is 0.610 bits per heavy atom. The first kappa shape index (κ1) is 39.8. The van der Waals surface area contributed by atoms with Gasteiger partial charge >= 0.3 is 0 Å².